The predicted octanol–water partition coefficient (Wildman–Crippen LogP) is 2.54. The molecule has 16 heavy (non-hydrogen) atoms. The third kappa shape index (κ3) is 2.40. The molecule has 0 fully saturated rings. The third-order valence-electron chi connectivity index (χ3n) is 2.04. The standard InChI is InChI=1S/C10H7Cl2N3O/c11-6-1-2-8(9(12)3-6)10(16)4-7-5-13-15-14-7/h1-3,5H,4H2,(H,13,14,15). The number of rotatable bonds is 3. The zero-order valence-corrected chi connectivity index (χ0v) is 9.59. The number of aromatic nitrogens is 3. The van der Waals surface area contributed by atoms with Crippen molar-refractivity contribution in [2.24, 2.45) is 0 Å². The molecular weight excluding hydrogens is 249 g/mol. The zero-order valence-electron chi connectivity index (χ0n) is 8.08. The van der Waals surface area contributed by atoms with Crippen LogP contribution < -0.4 is 0 Å². The molecule has 82 valence electrons. The maximum absolute atomic E-state index is 11.8. The number of benzene rings is 1. The second kappa shape index (κ2) is 4.63. The Labute approximate surface area is 102 Å². The minimum absolute atomic E-state index is 0.115. The SMILES string of the molecule is O=C(Cc1c[nH]nn1)c1ccc(Cl)cc1Cl. The molecule has 0 saturated carbocycles. The number of aromatic amines is 1. The maximum atomic E-state index is 11.8. The Morgan fingerprint density at radius 2 is 2.19 bits per heavy atom. The van der Waals surface area contributed by atoms with Crippen molar-refractivity contribution in [1.82, 2.24) is 15.4 Å². The van der Waals surface area contributed by atoms with Crippen molar-refractivity contribution in [3.8, 4) is 0 Å². The number of Topliss-reactive ketones (excluding diaryl/α,β-unsaturated/α-hetero) is 1. The topological polar surface area (TPSA) is 58.6 Å². The minimum Gasteiger partial charge on any atom is -0.294 e. The van der Waals surface area contributed by atoms with Crippen LogP contribution in [0.3, 0.4) is 0 Å². The summed E-state index contributed by atoms with van der Waals surface area (Å²) in [7, 11) is 0. The molecule has 6 heteroatoms. The number of halogens is 2. The first-order valence-electron chi connectivity index (χ1n) is 4.50. The molecule has 1 aromatic carbocycles. The molecule has 2 aromatic rings. The van der Waals surface area contributed by atoms with E-state index in [1.807, 2.05) is 0 Å². The Bertz CT molecular complexity index is 511. The van der Waals surface area contributed by atoms with E-state index in [1.165, 1.54) is 0 Å². The van der Waals surface area contributed by atoms with Gasteiger partial charge in [-0.2, -0.15) is 0 Å². The molecule has 1 aromatic heterocycles. The minimum atomic E-state index is -0.115. The smallest absolute Gasteiger partial charge is 0.170 e. The first kappa shape index (κ1) is 11.1. The lowest BCUT2D eigenvalue weighted by Crippen LogP contribution is -2.04. The normalized spacial score (nSPS) is 10.4. The van der Waals surface area contributed by atoms with E-state index < -0.39 is 0 Å². The van der Waals surface area contributed by atoms with Crippen molar-refractivity contribution in [2.45, 2.75) is 6.42 Å². The molecule has 0 unspecified atom stereocenters. The molecule has 0 aliphatic rings. The van der Waals surface area contributed by atoms with Gasteiger partial charge in [-0.3, -0.25) is 9.89 Å². The molecule has 0 spiro atoms. The van der Waals surface area contributed by atoms with Crippen molar-refractivity contribution in [2.75, 3.05) is 0 Å². The molecule has 0 radical (unpaired) electrons. The summed E-state index contributed by atoms with van der Waals surface area (Å²) in [5, 5.41) is 10.7. The quantitative estimate of drug-likeness (QED) is 0.858. The van der Waals surface area contributed by atoms with Gasteiger partial charge in [0.2, 0.25) is 0 Å². The number of carbonyl (C=O) groups excluding carboxylic acids is 1. The lowest BCUT2D eigenvalue weighted by Gasteiger charge is -2.02. The molecule has 0 aliphatic carbocycles. The fourth-order valence-electron chi connectivity index (χ4n) is 1.29. The van der Waals surface area contributed by atoms with Gasteiger partial charge in [0.05, 0.1) is 17.1 Å². The Morgan fingerprint density at radius 1 is 1.38 bits per heavy atom. The monoisotopic (exact) mass is 255 g/mol. The van der Waals surface area contributed by atoms with Crippen LogP contribution in [0.5, 0.6) is 0 Å². The van der Waals surface area contributed by atoms with Gasteiger partial charge in [-0.15, -0.1) is 5.10 Å². The number of hydrogen-bond donors (Lipinski definition) is 1. The highest BCUT2D eigenvalue weighted by Gasteiger charge is 2.12. The van der Waals surface area contributed by atoms with Crippen LogP contribution in [0.15, 0.2) is 24.4 Å². The Morgan fingerprint density at radius 3 is 2.81 bits per heavy atom. The summed E-state index contributed by atoms with van der Waals surface area (Å²) in [6, 6.07) is 4.77. The van der Waals surface area contributed by atoms with Crippen molar-refractivity contribution >= 4 is 29.0 Å². The van der Waals surface area contributed by atoms with Crippen LogP contribution in [0.4, 0.5) is 0 Å². The molecular formula is C10H7Cl2N3O. The molecule has 1 heterocycles. The Hall–Kier alpha value is -1.39. The average molecular weight is 256 g/mol. The molecule has 0 aliphatic heterocycles. The van der Waals surface area contributed by atoms with E-state index in [1.54, 1.807) is 24.4 Å². The van der Waals surface area contributed by atoms with Gasteiger partial charge in [0.1, 0.15) is 0 Å². The largest absolute Gasteiger partial charge is 0.294 e. The van der Waals surface area contributed by atoms with Crippen LogP contribution in [0.2, 0.25) is 10.0 Å². The number of hydrogen-bond acceptors (Lipinski definition) is 3. The average Bonchev–Trinajstić information content (AvgIpc) is 2.70. The molecule has 0 atom stereocenters. The molecule has 0 amide bonds. The number of H-pyrrole nitrogens is 1. The summed E-state index contributed by atoms with van der Waals surface area (Å²) >= 11 is 11.7. The summed E-state index contributed by atoms with van der Waals surface area (Å²) < 4.78 is 0. The van der Waals surface area contributed by atoms with Gasteiger partial charge in [-0.25, -0.2) is 0 Å². The number of nitrogens with one attached hydrogen (secondary N) is 1. The highest BCUT2D eigenvalue weighted by molar-refractivity contribution is 6.36. The van der Waals surface area contributed by atoms with Gasteiger partial charge in [0.15, 0.2) is 5.78 Å². The van der Waals surface area contributed by atoms with E-state index in [0.29, 0.717) is 21.3 Å². The number of ketones is 1. The summed E-state index contributed by atoms with van der Waals surface area (Å²) in [6.45, 7) is 0. The summed E-state index contributed by atoms with van der Waals surface area (Å²) in [5.74, 6) is -0.115. The van der Waals surface area contributed by atoms with Gasteiger partial charge in [-0.1, -0.05) is 28.4 Å². The second-order valence-corrected chi connectivity index (χ2v) is 4.03. The van der Waals surface area contributed by atoms with Crippen LogP contribution in [-0.4, -0.2) is 21.2 Å². The van der Waals surface area contributed by atoms with E-state index >= 15 is 0 Å². The van der Waals surface area contributed by atoms with Crippen LogP contribution in [-0.2, 0) is 6.42 Å². The lowest BCUT2D eigenvalue weighted by atomic mass is 10.1. The highest BCUT2D eigenvalue weighted by Crippen LogP contribution is 2.22. The third-order valence-corrected chi connectivity index (χ3v) is 2.59. The van der Waals surface area contributed by atoms with E-state index in [2.05, 4.69) is 15.4 Å². The van der Waals surface area contributed by atoms with Gasteiger partial charge >= 0.3 is 0 Å². The van der Waals surface area contributed by atoms with Crippen molar-refractivity contribution in [3.05, 3.63) is 45.7 Å². The molecule has 0 bridgehead atoms. The van der Waals surface area contributed by atoms with E-state index in [-0.39, 0.29) is 12.2 Å². The van der Waals surface area contributed by atoms with E-state index in [4.69, 9.17) is 23.2 Å². The van der Waals surface area contributed by atoms with E-state index in [9.17, 15) is 4.79 Å². The summed E-state index contributed by atoms with van der Waals surface area (Å²) in [4.78, 5) is 11.8. The lowest BCUT2D eigenvalue weighted by molar-refractivity contribution is 0.0992. The number of nitrogens with zero attached hydrogens (tertiary/aromatic N) is 2. The zero-order chi connectivity index (χ0) is 11.5. The molecule has 2 rings (SSSR count). The Kier molecular flexibility index (Phi) is 3.22. The fraction of sp³-hybridized carbons (Fsp3) is 0.100. The van der Waals surface area contributed by atoms with Gasteiger partial charge in [0, 0.05) is 16.8 Å². The van der Waals surface area contributed by atoms with Gasteiger partial charge in [-0.05, 0) is 18.2 Å². The predicted molar refractivity (Wildman–Crippen MR) is 60.9 cm³/mol. The first-order chi connectivity index (χ1) is 7.66. The van der Waals surface area contributed by atoms with Crippen molar-refractivity contribution in [3.63, 3.8) is 0 Å². The van der Waals surface area contributed by atoms with Crippen LogP contribution in [0.1, 0.15) is 16.1 Å². The Balaban J connectivity index is 2.21. The van der Waals surface area contributed by atoms with Gasteiger partial charge < -0.3 is 0 Å². The number of carbonyl (C=O) groups is 1. The first-order valence-corrected chi connectivity index (χ1v) is 5.26. The summed E-state index contributed by atoms with van der Waals surface area (Å²) in [5.41, 5.74) is 1.02. The van der Waals surface area contributed by atoms with Gasteiger partial charge in [0.25, 0.3) is 0 Å². The molecule has 0 saturated heterocycles. The van der Waals surface area contributed by atoms with Crippen LogP contribution in [0.25, 0.3) is 0 Å². The molecule has 4 nitrogen and oxygen atoms in total. The second-order valence-electron chi connectivity index (χ2n) is 3.19. The van der Waals surface area contributed by atoms with Crippen molar-refractivity contribution in [1.29, 1.82) is 0 Å². The summed E-state index contributed by atoms with van der Waals surface area (Å²) in [6.07, 6.45) is 1.74. The highest BCUT2D eigenvalue weighted by atomic mass is 35.5. The van der Waals surface area contributed by atoms with Crippen LogP contribution >= 0.6 is 23.2 Å². The van der Waals surface area contributed by atoms with E-state index in [0.717, 1.165) is 0 Å². The fourth-order valence-corrected chi connectivity index (χ4v) is 1.80. The van der Waals surface area contributed by atoms with Crippen LogP contribution in [0, 0.1) is 0 Å². The molecule has 1 N–H and O–H groups in total. The van der Waals surface area contributed by atoms with Crippen molar-refractivity contribution < 1.29 is 4.79 Å². The maximum Gasteiger partial charge on any atom is 0.170 e.